The minimum Gasteiger partial charge on any atom is -0.355 e. The number of rotatable bonds is 4. The third kappa shape index (κ3) is 2.34. The highest BCUT2D eigenvalue weighted by Gasteiger charge is 2.67. The fraction of sp³-hybridized carbons (Fsp3) is 0.409. The van der Waals surface area contributed by atoms with Gasteiger partial charge in [0.2, 0.25) is 5.91 Å². The van der Waals surface area contributed by atoms with E-state index in [0.717, 1.165) is 12.8 Å². The van der Waals surface area contributed by atoms with Crippen LogP contribution in [-0.2, 0) is 16.6 Å². The standard InChI is InChI=1S/C22H21N5O/c1-21(2)15-8-10-22(21,19-18(15)26-16(12-23)17(13-24)27-19)20(28)25-11-9-14-6-4-3-5-7-14/h3-7,15H,8-11H2,1-2H3,(H,25,28). The van der Waals surface area contributed by atoms with Gasteiger partial charge in [0, 0.05) is 12.5 Å². The van der Waals surface area contributed by atoms with Crippen molar-refractivity contribution in [2.75, 3.05) is 6.54 Å². The first-order valence-electron chi connectivity index (χ1n) is 9.50. The fourth-order valence-corrected chi connectivity index (χ4v) is 5.03. The number of aromatic nitrogens is 2. The first kappa shape index (κ1) is 18.1. The molecule has 6 nitrogen and oxygen atoms in total. The van der Waals surface area contributed by atoms with Crippen molar-refractivity contribution in [1.29, 1.82) is 10.5 Å². The molecule has 28 heavy (non-hydrogen) atoms. The van der Waals surface area contributed by atoms with Gasteiger partial charge in [0.25, 0.3) is 0 Å². The highest BCUT2D eigenvalue weighted by atomic mass is 16.2. The Bertz CT molecular complexity index is 1030. The summed E-state index contributed by atoms with van der Waals surface area (Å²) in [5.74, 6) is 0.00675. The average Bonchev–Trinajstić information content (AvgIpc) is 3.09. The number of fused-ring (bicyclic) bond motifs is 5. The van der Waals surface area contributed by atoms with Crippen LogP contribution in [0.15, 0.2) is 30.3 Å². The molecule has 0 saturated heterocycles. The number of hydrogen-bond acceptors (Lipinski definition) is 5. The summed E-state index contributed by atoms with van der Waals surface area (Å²) in [6.45, 7) is 4.68. The van der Waals surface area contributed by atoms with Gasteiger partial charge in [-0.05, 0) is 30.2 Å². The Morgan fingerprint density at radius 3 is 2.54 bits per heavy atom. The summed E-state index contributed by atoms with van der Waals surface area (Å²) >= 11 is 0. The third-order valence-electron chi connectivity index (χ3n) is 6.58. The molecule has 6 heteroatoms. The maximum absolute atomic E-state index is 13.4. The third-order valence-corrected chi connectivity index (χ3v) is 6.58. The zero-order valence-corrected chi connectivity index (χ0v) is 16.0. The summed E-state index contributed by atoms with van der Waals surface area (Å²) in [7, 11) is 0. The number of nitrogens with zero attached hydrogens (tertiary/aromatic N) is 4. The summed E-state index contributed by atoms with van der Waals surface area (Å²) in [4.78, 5) is 22.3. The zero-order chi connectivity index (χ0) is 19.9. The van der Waals surface area contributed by atoms with E-state index in [4.69, 9.17) is 0 Å². The topological polar surface area (TPSA) is 102 Å². The number of hydrogen-bond donors (Lipinski definition) is 1. The molecule has 2 aliphatic rings. The van der Waals surface area contributed by atoms with Gasteiger partial charge in [0.1, 0.15) is 12.1 Å². The van der Waals surface area contributed by atoms with Crippen LogP contribution < -0.4 is 5.32 Å². The van der Waals surface area contributed by atoms with E-state index >= 15 is 0 Å². The van der Waals surface area contributed by atoms with E-state index in [0.29, 0.717) is 24.4 Å². The monoisotopic (exact) mass is 371 g/mol. The Labute approximate surface area is 164 Å². The molecule has 1 aromatic heterocycles. The van der Waals surface area contributed by atoms with E-state index in [9.17, 15) is 15.3 Å². The fourth-order valence-electron chi connectivity index (χ4n) is 5.03. The molecule has 0 spiro atoms. The van der Waals surface area contributed by atoms with Crippen LogP contribution in [0.5, 0.6) is 0 Å². The first-order chi connectivity index (χ1) is 13.5. The molecule has 2 aromatic rings. The van der Waals surface area contributed by atoms with Gasteiger partial charge in [-0.3, -0.25) is 4.79 Å². The molecular formula is C22H21N5O. The van der Waals surface area contributed by atoms with Crippen LogP contribution in [-0.4, -0.2) is 22.4 Å². The van der Waals surface area contributed by atoms with Gasteiger partial charge in [-0.25, -0.2) is 9.97 Å². The van der Waals surface area contributed by atoms with Crippen molar-refractivity contribution in [2.45, 2.75) is 44.4 Å². The molecule has 1 fully saturated rings. The number of carbonyl (C=O) groups excluding carboxylic acids is 1. The average molecular weight is 371 g/mol. The van der Waals surface area contributed by atoms with E-state index in [1.165, 1.54) is 5.56 Å². The molecule has 2 atom stereocenters. The Balaban J connectivity index is 1.67. The van der Waals surface area contributed by atoms with E-state index in [1.807, 2.05) is 42.5 Å². The molecule has 1 aromatic carbocycles. The van der Waals surface area contributed by atoms with Crippen molar-refractivity contribution in [2.24, 2.45) is 5.41 Å². The van der Waals surface area contributed by atoms with Crippen molar-refractivity contribution in [3.63, 3.8) is 0 Å². The highest BCUT2D eigenvalue weighted by molar-refractivity contribution is 5.91. The van der Waals surface area contributed by atoms with E-state index in [1.54, 1.807) is 0 Å². The van der Waals surface area contributed by atoms with Gasteiger partial charge in [0.15, 0.2) is 11.4 Å². The van der Waals surface area contributed by atoms with Gasteiger partial charge >= 0.3 is 0 Å². The van der Waals surface area contributed by atoms with Crippen LogP contribution in [0.1, 0.15) is 60.9 Å². The number of carbonyl (C=O) groups is 1. The molecule has 2 aliphatic carbocycles. The number of benzene rings is 1. The van der Waals surface area contributed by atoms with Crippen molar-refractivity contribution < 1.29 is 4.79 Å². The first-order valence-corrected chi connectivity index (χ1v) is 9.50. The Kier molecular flexibility index (Phi) is 4.16. The van der Waals surface area contributed by atoms with E-state index < -0.39 is 5.41 Å². The Morgan fingerprint density at radius 2 is 1.86 bits per heavy atom. The van der Waals surface area contributed by atoms with Gasteiger partial charge in [-0.1, -0.05) is 44.2 Å². The van der Waals surface area contributed by atoms with Crippen molar-refractivity contribution in [3.8, 4) is 12.1 Å². The van der Waals surface area contributed by atoms with Gasteiger partial charge in [0.05, 0.1) is 16.8 Å². The van der Waals surface area contributed by atoms with Crippen LogP contribution in [0, 0.1) is 28.1 Å². The van der Waals surface area contributed by atoms with Gasteiger partial charge < -0.3 is 5.32 Å². The predicted octanol–water partition coefficient (Wildman–Crippen LogP) is 2.73. The Hall–Kier alpha value is -3.25. The van der Waals surface area contributed by atoms with Gasteiger partial charge in [-0.2, -0.15) is 10.5 Å². The van der Waals surface area contributed by atoms with Crippen molar-refractivity contribution in [1.82, 2.24) is 15.3 Å². The smallest absolute Gasteiger partial charge is 0.232 e. The molecule has 1 N–H and O–H groups in total. The van der Waals surface area contributed by atoms with Crippen LogP contribution in [0.2, 0.25) is 0 Å². The summed E-state index contributed by atoms with van der Waals surface area (Å²) in [5.41, 5.74) is 1.33. The molecule has 1 heterocycles. The minimum absolute atomic E-state index is 0.000982. The molecule has 4 rings (SSSR count). The van der Waals surface area contributed by atoms with Crippen LogP contribution in [0.4, 0.5) is 0 Å². The van der Waals surface area contributed by atoms with Crippen molar-refractivity contribution >= 4 is 5.91 Å². The summed E-state index contributed by atoms with van der Waals surface area (Å²) in [5, 5.41) is 21.8. The lowest BCUT2D eigenvalue weighted by Crippen LogP contribution is -2.50. The summed E-state index contributed by atoms with van der Waals surface area (Å²) in [6, 6.07) is 13.9. The van der Waals surface area contributed by atoms with Crippen LogP contribution in [0.3, 0.4) is 0 Å². The second-order valence-corrected chi connectivity index (χ2v) is 8.09. The van der Waals surface area contributed by atoms with Crippen molar-refractivity contribution in [3.05, 3.63) is 58.7 Å². The van der Waals surface area contributed by atoms with E-state index in [-0.39, 0.29) is 28.6 Å². The zero-order valence-electron chi connectivity index (χ0n) is 16.0. The molecule has 2 bridgehead atoms. The summed E-state index contributed by atoms with van der Waals surface area (Å²) < 4.78 is 0. The SMILES string of the molecule is CC1(C)C2CCC1(C(=O)NCCc1ccccc1)c1nc(C#N)c(C#N)nc12. The summed E-state index contributed by atoms with van der Waals surface area (Å²) in [6.07, 6.45) is 2.26. The minimum atomic E-state index is -0.809. The second kappa shape index (κ2) is 6.42. The highest BCUT2D eigenvalue weighted by Crippen LogP contribution is 2.67. The number of amides is 1. The predicted molar refractivity (Wildman–Crippen MR) is 102 cm³/mol. The molecule has 1 amide bonds. The normalized spacial score (nSPS) is 23.5. The molecule has 0 aliphatic heterocycles. The molecule has 140 valence electrons. The van der Waals surface area contributed by atoms with Gasteiger partial charge in [-0.15, -0.1) is 0 Å². The lowest BCUT2D eigenvalue weighted by atomic mass is 9.67. The quantitative estimate of drug-likeness (QED) is 0.890. The number of nitrogens with one attached hydrogen (secondary N) is 1. The maximum atomic E-state index is 13.4. The number of nitriles is 2. The molecule has 1 saturated carbocycles. The molecular weight excluding hydrogens is 350 g/mol. The van der Waals surface area contributed by atoms with Crippen LogP contribution in [0.25, 0.3) is 0 Å². The lowest BCUT2D eigenvalue weighted by Gasteiger charge is -2.36. The second-order valence-electron chi connectivity index (χ2n) is 8.09. The van der Waals surface area contributed by atoms with E-state index in [2.05, 4.69) is 29.1 Å². The lowest BCUT2D eigenvalue weighted by molar-refractivity contribution is -0.129. The Morgan fingerprint density at radius 1 is 1.18 bits per heavy atom. The largest absolute Gasteiger partial charge is 0.355 e. The van der Waals surface area contributed by atoms with Crippen LogP contribution >= 0.6 is 0 Å². The molecule has 0 radical (unpaired) electrons. The maximum Gasteiger partial charge on any atom is 0.232 e. The molecule has 2 unspecified atom stereocenters.